The molecule has 0 aliphatic rings. The summed E-state index contributed by atoms with van der Waals surface area (Å²) in [5.41, 5.74) is 2.05. The van der Waals surface area contributed by atoms with Gasteiger partial charge < -0.3 is 14.7 Å². The fourth-order valence-corrected chi connectivity index (χ4v) is 3.15. The Morgan fingerprint density at radius 2 is 2.00 bits per heavy atom. The molecule has 6 nitrogen and oxygen atoms in total. The summed E-state index contributed by atoms with van der Waals surface area (Å²) in [6.45, 7) is 1.90. The van der Waals surface area contributed by atoms with E-state index < -0.39 is 5.91 Å². The van der Waals surface area contributed by atoms with Gasteiger partial charge in [-0.3, -0.25) is 9.59 Å². The molecule has 2 heterocycles. The van der Waals surface area contributed by atoms with Crippen molar-refractivity contribution >= 4 is 16.9 Å². The van der Waals surface area contributed by atoms with Gasteiger partial charge in [-0.2, -0.15) is 0 Å². The first-order chi connectivity index (χ1) is 13.6. The first kappa shape index (κ1) is 17.7. The summed E-state index contributed by atoms with van der Waals surface area (Å²) in [6, 6.07) is 15.8. The molecule has 0 aliphatic heterocycles. The Morgan fingerprint density at radius 3 is 2.75 bits per heavy atom. The summed E-state index contributed by atoms with van der Waals surface area (Å²) in [4.78, 5) is 32.6. The van der Waals surface area contributed by atoms with E-state index in [0.717, 1.165) is 17.0 Å². The SMILES string of the molecule is Cc1ccc2oc(C(=O)N[C@H](Cc3ncc[nH]3)c3ccccc3)cc(=O)c2c1. The summed E-state index contributed by atoms with van der Waals surface area (Å²) in [6.07, 6.45) is 3.90. The van der Waals surface area contributed by atoms with E-state index in [0.29, 0.717) is 17.4 Å². The predicted molar refractivity (Wildman–Crippen MR) is 106 cm³/mol. The summed E-state index contributed by atoms with van der Waals surface area (Å²) >= 11 is 0. The lowest BCUT2D eigenvalue weighted by Crippen LogP contribution is -2.30. The lowest BCUT2D eigenvalue weighted by atomic mass is 10.0. The molecular formula is C22H19N3O3. The first-order valence-corrected chi connectivity index (χ1v) is 8.99. The number of amides is 1. The average molecular weight is 373 g/mol. The molecule has 0 bridgehead atoms. The van der Waals surface area contributed by atoms with Gasteiger partial charge in [0.2, 0.25) is 0 Å². The molecule has 2 aromatic heterocycles. The van der Waals surface area contributed by atoms with Gasteiger partial charge >= 0.3 is 0 Å². The molecule has 0 saturated heterocycles. The third-order valence-electron chi connectivity index (χ3n) is 4.57. The molecule has 2 aromatic carbocycles. The second-order valence-electron chi connectivity index (χ2n) is 6.65. The number of rotatable bonds is 5. The van der Waals surface area contributed by atoms with Crippen molar-refractivity contribution in [1.82, 2.24) is 15.3 Å². The fraction of sp³-hybridized carbons (Fsp3) is 0.136. The second-order valence-corrected chi connectivity index (χ2v) is 6.65. The van der Waals surface area contributed by atoms with Crippen LogP contribution in [0.1, 0.15) is 33.5 Å². The van der Waals surface area contributed by atoms with Crippen LogP contribution in [0.15, 0.2) is 76.2 Å². The van der Waals surface area contributed by atoms with Crippen LogP contribution in [0.3, 0.4) is 0 Å². The highest BCUT2D eigenvalue weighted by molar-refractivity contribution is 5.93. The Morgan fingerprint density at radius 1 is 1.18 bits per heavy atom. The zero-order chi connectivity index (χ0) is 19.5. The van der Waals surface area contributed by atoms with Crippen molar-refractivity contribution in [3.05, 3.63) is 99.9 Å². The topological polar surface area (TPSA) is 88.0 Å². The maximum absolute atomic E-state index is 12.8. The van der Waals surface area contributed by atoms with Crippen molar-refractivity contribution < 1.29 is 9.21 Å². The van der Waals surface area contributed by atoms with Crippen molar-refractivity contribution in [2.45, 2.75) is 19.4 Å². The molecule has 0 saturated carbocycles. The number of carbonyl (C=O) groups excluding carboxylic acids is 1. The van der Waals surface area contributed by atoms with Crippen LogP contribution in [0.2, 0.25) is 0 Å². The summed E-state index contributed by atoms with van der Waals surface area (Å²) in [5.74, 6) is 0.298. The Hall–Kier alpha value is -3.67. The third kappa shape index (κ3) is 3.71. The van der Waals surface area contributed by atoms with Gasteiger partial charge in [-0.15, -0.1) is 0 Å². The molecule has 0 spiro atoms. The summed E-state index contributed by atoms with van der Waals surface area (Å²) in [7, 11) is 0. The van der Waals surface area contributed by atoms with E-state index >= 15 is 0 Å². The number of fused-ring (bicyclic) bond motifs is 1. The Labute approximate surface area is 161 Å². The molecule has 4 rings (SSSR count). The highest BCUT2D eigenvalue weighted by atomic mass is 16.3. The minimum Gasteiger partial charge on any atom is -0.451 e. The molecule has 0 aliphatic carbocycles. The van der Waals surface area contributed by atoms with Gasteiger partial charge in [0, 0.05) is 24.9 Å². The van der Waals surface area contributed by atoms with Crippen molar-refractivity contribution in [1.29, 1.82) is 0 Å². The first-order valence-electron chi connectivity index (χ1n) is 8.99. The van der Waals surface area contributed by atoms with Gasteiger partial charge in [0.05, 0.1) is 11.4 Å². The Balaban J connectivity index is 1.65. The van der Waals surface area contributed by atoms with Gasteiger partial charge in [0.15, 0.2) is 11.2 Å². The smallest absolute Gasteiger partial charge is 0.287 e. The zero-order valence-corrected chi connectivity index (χ0v) is 15.3. The van der Waals surface area contributed by atoms with E-state index in [1.54, 1.807) is 24.5 Å². The quantitative estimate of drug-likeness (QED) is 0.560. The van der Waals surface area contributed by atoms with Gasteiger partial charge in [-0.25, -0.2) is 4.98 Å². The number of carbonyl (C=O) groups is 1. The lowest BCUT2D eigenvalue weighted by Gasteiger charge is -2.18. The number of benzene rings is 2. The van der Waals surface area contributed by atoms with Gasteiger partial charge in [-0.1, -0.05) is 42.0 Å². The number of hydrogen-bond donors (Lipinski definition) is 2. The maximum atomic E-state index is 12.8. The molecule has 4 aromatic rings. The molecule has 0 radical (unpaired) electrons. The number of imidazole rings is 1. The fourth-order valence-electron chi connectivity index (χ4n) is 3.15. The van der Waals surface area contributed by atoms with E-state index in [1.165, 1.54) is 6.07 Å². The highest BCUT2D eigenvalue weighted by Gasteiger charge is 2.20. The van der Waals surface area contributed by atoms with Crippen LogP contribution in [-0.2, 0) is 6.42 Å². The van der Waals surface area contributed by atoms with E-state index in [1.807, 2.05) is 43.3 Å². The minimum absolute atomic E-state index is 0.0123. The van der Waals surface area contributed by atoms with E-state index in [4.69, 9.17) is 4.42 Å². The second kappa shape index (κ2) is 7.52. The number of aromatic amines is 1. The van der Waals surface area contributed by atoms with E-state index in [2.05, 4.69) is 15.3 Å². The molecule has 140 valence electrons. The molecule has 28 heavy (non-hydrogen) atoms. The molecule has 0 unspecified atom stereocenters. The standard InChI is InChI=1S/C22H19N3O3/c1-14-7-8-19-16(11-14)18(26)13-20(28-19)22(27)25-17(12-21-23-9-10-24-21)15-5-3-2-4-6-15/h2-11,13,17H,12H2,1H3,(H,23,24)(H,25,27)/t17-/m1/s1. The Bertz CT molecular complexity index is 1160. The number of nitrogens with zero attached hydrogens (tertiary/aromatic N) is 1. The van der Waals surface area contributed by atoms with Crippen LogP contribution in [-0.4, -0.2) is 15.9 Å². The average Bonchev–Trinajstić information content (AvgIpc) is 3.21. The van der Waals surface area contributed by atoms with Gasteiger partial charge in [-0.05, 0) is 24.6 Å². The van der Waals surface area contributed by atoms with Crippen molar-refractivity contribution in [3.8, 4) is 0 Å². The number of hydrogen-bond acceptors (Lipinski definition) is 4. The lowest BCUT2D eigenvalue weighted by molar-refractivity contribution is 0.0908. The number of H-pyrrole nitrogens is 1. The third-order valence-corrected chi connectivity index (χ3v) is 4.57. The summed E-state index contributed by atoms with van der Waals surface area (Å²) in [5, 5.41) is 3.42. The number of aryl methyl sites for hydroxylation is 1. The summed E-state index contributed by atoms with van der Waals surface area (Å²) < 4.78 is 5.70. The molecular weight excluding hydrogens is 354 g/mol. The number of nitrogens with one attached hydrogen (secondary N) is 2. The van der Waals surface area contributed by atoms with Crippen LogP contribution in [0.4, 0.5) is 0 Å². The molecule has 1 amide bonds. The molecule has 0 fully saturated rings. The van der Waals surface area contributed by atoms with Gasteiger partial charge in [0.1, 0.15) is 11.4 Å². The van der Waals surface area contributed by atoms with Gasteiger partial charge in [0.25, 0.3) is 5.91 Å². The maximum Gasteiger partial charge on any atom is 0.287 e. The Kier molecular flexibility index (Phi) is 4.76. The van der Waals surface area contributed by atoms with Crippen molar-refractivity contribution in [3.63, 3.8) is 0 Å². The predicted octanol–water partition coefficient (Wildman–Crippen LogP) is 3.54. The van der Waals surface area contributed by atoms with Crippen molar-refractivity contribution in [2.24, 2.45) is 0 Å². The van der Waals surface area contributed by atoms with E-state index in [9.17, 15) is 9.59 Å². The van der Waals surface area contributed by atoms with Crippen LogP contribution in [0, 0.1) is 6.92 Å². The van der Waals surface area contributed by atoms with Crippen LogP contribution in [0.25, 0.3) is 11.0 Å². The normalized spacial score (nSPS) is 12.0. The highest BCUT2D eigenvalue weighted by Crippen LogP contribution is 2.19. The van der Waals surface area contributed by atoms with Crippen LogP contribution >= 0.6 is 0 Å². The van der Waals surface area contributed by atoms with Crippen LogP contribution in [0.5, 0.6) is 0 Å². The zero-order valence-electron chi connectivity index (χ0n) is 15.3. The van der Waals surface area contributed by atoms with Crippen LogP contribution < -0.4 is 10.7 Å². The number of aromatic nitrogens is 2. The largest absolute Gasteiger partial charge is 0.451 e. The van der Waals surface area contributed by atoms with E-state index in [-0.39, 0.29) is 17.2 Å². The monoisotopic (exact) mass is 373 g/mol. The molecule has 2 N–H and O–H groups in total. The molecule has 6 heteroatoms. The van der Waals surface area contributed by atoms with Crippen molar-refractivity contribution in [2.75, 3.05) is 0 Å². The molecule has 1 atom stereocenters. The minimum atomic E-state index is -0.444.